The Bertz CT molecular complexity index is 1460. The number of carbonyl (C=O) groups is 1. The van der Waals surface area contributed by atoms with E-state index in [9.17, 15) is 4.79 Å². The molecule has 36 heavy (non-hydrogen) atoms. The quantitative estimate of drug-likeness (QED) is 0.422. The first kappa shape index (κ1) is 22.7. The van der Waals surface area contributed by atoms with Gasteiger partial charge in [0.2, 0.25) is 0 Å². The number of likely N-dealkylation sites (tertiary alicyclic amines) is 1. The van der Waals surface area contributed by atoms with E-state index in [4.69, 9.17) is 9.72 Å². The van der Waals surface area contributed by atoms with Crippen LogP contribution in [0.5, 0.6) is 5.75 Å². The highest BCUT2D eigenvalue weighted by atomic mass is 16.5. The van der Waals surface area contributed by atoms with Crippen LogP contribution >= 0.6 is 0 Å². The Morgan fingerprint density at radius 3 is 2.69 bits per heavy atom. The number of aryl methyl sites for hydroxylation is 2. The topological polar surface area (TPSA) is 72.3 Å². The second-order valence-corrected chi connectivity index (χ2v) is 10.2. The van der Waals surface area contributed by atoms with Gasteiger partial charge < -0.3 is 10.1 Å². The maximum atomic E-state index is 13.6. The zero-order valence-corrected chi connectivity index (χ0v) is 21.0. The molecule has 1 N–H and O–H groups in total. The van der Waals surface area contributed by atoms with Gasteiger partial charge in [0.1, 0.15) is 12.4 Å². The van der Waals surface area contributed by atoms with Gasteiger partial charge in [-0.05, 0) is 75.2 Å². The number of rotatable bonds is 7. The van der Waals surface area contributed by atoms with Crippen molar-refractivity contribution >= 4 is 16.8 Å². The van der Waals surface area contributed by atoms with Gasteiger partial charge in [-0.2, -0.15) is 5.10 Å². The third kappa shape index (κ3) is 4.13. The lowest BCUT2D eigenvalue weighted by Gasteiger charge is -2.37. The number of nitrogens with one attached hydrogen (secondary N) is 1. The first-order valence-electron chi connectivity index (χ1n) is 12.6. The first-order chi connectivity index (χ1) is 17.4. The predicted molar refractivity (Wildman–Crippen MR) is 140 cm³/mol. The van der Waals surface area contributed by atoms with E-state index in [1.807, 2.05) is 62.8 Å². The minimum absolute atomic E-state index is 0.0694. The van der Waals surface area contributed by atoms with Crippen LogP contribution in [0.4, 0.5) is 0 Å². The van der Waals surface area contributed by atoms with E-state index in [2.05, 4.69) is 34.5 Å². The zero-order chi connectivity index (χ0) is 24.9. The van der Waals surface area contributed by atoms with Crippen LogP contribution in [0.15, 0.2) is 60.9 Å². The van der Waals surface area contributed by atoms with Crippen molar-refractivity contribution in [1.29, 1.82) is 0 Å². The van der Waals surface area contributed by atoms with E-state index >= 15 is 0 Å². The Labute approximate surface area is 211 Å². The van der Waals surface area contributed by atoms with Gasteiger partial charge in [-0.25, -0.2) is 4.98 Å². The van der Waals surface area contributed by atoms with Crippen LogP contribution in [-0.4, -0.2) is 51.8 Å². The molecule has 1 aliphatic heterocycles. The van der Waals surface area contributed by atoms with Gasteiger partial charge in [-0.3, -0.25) is 14.4 Å². The molecule has 7 heteroatoms. The Morgan fingerprint density at radius 2 is 2.00 bits per heavy atom. The first-order valence-corrected chi connectivity index (χ1v) is 12.6. The summed E-state index contributed by atoms with van der Waals surface area (Å²) < 4.78 is 7.82. The van der Waals surface area contributed by atoms with Crippen molar-refractivity contribution in [3.05, 3.63) is 77.6 Å². The lowest BCUT2D eigenvalue weighted by atomic mass is 9.96. The summed E-state index contributed by atoms with van der Waals surface area (Å²) in [5.74, 6) is 0.671. The van der Waals surface area contributed by atoms with Crippen LogP contribution in [0.2, 0.25) is 0 Å². The molecule has 1 unspecified atom stereocenters. The summed E-state index contributed by atoms with van der Waals surface area (Å²) in [6.45, 7) is 3.73. The second-order valence-electron chi connectivity index (χ2n) is 10.2. The molecule has 0 radical (unpaired) electrons. The SMILES string of the molecule is Cc1ccc(OCC2CCN2C)cc1C(=O)NC1(c2cc(-c3cnn(C)c3)nc3ccccc23)CC1. The average molecular weight is 482 g/mol. The standard InChI is InChI=1S/C29H31N5O2/c1-19-8-9-22(36-18-21-10-13-33(21)2)14-24(19)28(35)32-29(11-12-29)25-15-27(20-16-30-34(3)17-20)31-26-7-5-4-6-23(25)26/h4-9,14-17,21H,10-13,18H2,1-3H3,(H,32,35). The van der Waals surface area contributed by atoms with Crippen LogP contribution in [0.1, 0.15) is 40.7 Å². The molecule has 1 saturated heterocycles. The summed E-state index contributed by atoms with van der Waals surface area (Å²) >= 11 is 0. The van der Waals surface area contributed by atoms with Crippen molar-refractivity contribution in [2.24, 2.45) is 7.05 Å². The average Bonchev–Trinajstić information content (AvgIpc) is 3.52. The molecule has 2 fully saturated rings. The summed E-state index contributed by atoms with van der Waals surface area (Å²) in [6, 6.07) is 16.5. The van der Waals surface area contributed by atoms with E-state index in [-0.39, 0.29) is 5.91 Å². The van der Waals surface area contributed by atoms with Crippen molar-refractivity contribution in [2.45, 2.75) is 37.8 Å². The fourth-order valence-corrected chi connectivity index (χ4v) is 5.05. The monoisotopic (exact) mass is 481 g/mol. The van der Waals surface area contributed by atoms with E-state index in [0.717, 1.165) is 64.8 Å². The number of para-hydroxylation sites is 1. The predicted octanol–water partition coefficient (Wildman–Crippen LogP) is 4.45. The number of fused-ring (bicyclic) bond motifs is 1. The van der Waals surface area contributed by atoms with Gasteiger partial charge in [0, 0.05) is 35.8 Å². The Balaban J connectivity index is 1.30. The summed E-state index contributed by atoms with van der Waals surface area (Å²) in [6.07, 6.45) is 6.73. The van der Waals surface area contributed by atoms with E-state index in [0.29, 0.717) is 18.2 Å². The Kier molecular flexibility index (Phi) is 5.52. The molecular formula is C29H31N5O2. The summed E-state index contributed by atoms with van der Waals surface area (Å²) in [4.78, 5) is 20.8. The summed E-state index contributed by atoms with van der Waals surface area (Å²) in [5.41, 5.74) is 5.04. The smallest absolute Gasteiger partial charge is 0.252 e. The molecule has 2 aliphatic rings. The maximum Gasteiger partial charge on any atom is 0.252 e. The van der Waals surface area contributed by atoms with Crippen molar-refractivity contribution in [3.63, 3.8) is 0 Å². The van der Waals surface area contributed by atoms with Gasteiger partial charge in [-0.15, -0.1) is 0 Å². The number of nitrogens with zero attached hydrogens (tertiary/aromatic N) is 4. The highest BCUT2D eigenvalue weighted by Gasteiger charge is 2.47. The fourth-order valence-electron chi connectivity index (χ4n) is 5.05. The lowest BCUT2D eigenvalue weighted by Crippen LogP contribution is -2.48. The van der Waals surface area contributed by atoms with Gasteiger partial charge in [-0.1, -0.05) is 24.3 Å². The van der Waals surface area contributed by atoms with Crippen LogP contribution < -0.4 is 10.1 Å². The molecule has 0 spiro atoms. The van der Waals surface area contributed by atoms with E-state index in [1.165, 1.54) is 0 Å². The number of pyridine rings is 1. The zero-order valence-electron chi connectivity index (χ0n) is 21.0. The number of likely N-dealkylation sites (N-methyl/N-ethyl adjacent to an activating group) is 1. The number of hydrogen-bond acceptors (Lipinski definition) is 5. The molecule has 1 aliphatic carbocycles. The molecule has 184 valence electrons. The summed E-state index contributed by atoms with van der Waals surface area (Å²) in [5, 5.41) is 8.78. The third-order valence-corrected chi connectivity index (χ3v) is 7.67. The van der Waals surface area contributed by atoms with Gasteiger partial charge in [0.15, 0.2) is 0 Å². The number of aromatic nitrogens is 3. The number of benzene rings is 2. The molecule has 1 amide bonds. The van der Waals surface area contributed by atoms with Crippen molar-refractivity contribution < 1.29 is 9.53 Å². The lowest BCUT2D eigenvalue weighted by molar-refractivity contribution is 0.0767. The Morgan fingerprint density at radius 1 is 1.17 bits per heavy atom. The number of carbonyl (C=O) groups excluding carboxylic acids is 1. The molecule has 2 aromatic heterocycles. The van der Waals surface area contributed by atoms with Gasteiger partial charge in [0.25, 0.3) is 5.91 Å². The summed E-state index contributed by atoms with van der Waals surface area (Å²) in [7, 11) is 4.02. The highest BCUT2D eigenvalue weighted by Crippen LogP contribution is 2.49. The Hall–Kier alpha value is -3.71. The molecule has 4 aromatic rings. The van der Waals surface area contributed by atoms with Crippen LogP contribution in [0, 0.1) is 6.92 Å². The van der Waals surface area contributed by atoms with Gasteiger partial charge >= 0.3 is 0 Å². The third-order valence-electron chi connectivity index (χ3n) is 7.67. The number of amides is 1. The minimum atomic E-state index is -0.408. The van der Waals surface area contributed by atoms with E-state index < -0.39 is 5.54 Å². The second kappa shape index (κ2) is 8.75. The molecule has 7 nitrogen and oxygen atoms in total. The minimum Gasteiger partial charge on any atom is -0.492 e. The van der Waals surface area contributed by atoms with Crippen LogP contribution in [0.25, 0.3) is 22.2 Å². The largest absolute Gasteiger partial charge is 0.492 e. The highest BCUT2D eigenvalue weighted by molar-refractivity contribution is 5.97. The normalized spacial score (nSPS) is 18.6. The molecule has 0 bridgehead atoms. The molecule has 6 rings (SSSR count). The molecular weight excluding hydrogens is 450 g/mol. The maximum absolute atomic E-state index is 13.6. The number of hydrogen-bond donors (Lipinski definition) is 1. The molecule has 1 saturated carbocycles. The number of ether oxygens (including phenoxy) is 1. The van der Waals surface area contributed by atoms with E-state index in [1.54, 1.807) is 4.68 Å². The van der Waals surface area contributed by atoms with Gasteiger partial charge in [0.05, 0.1) is 22.9 Å². The van der Waals surface area contributed by atoms with Crippen LogP contribution in [0.3, 0.4) is 0 Å². The fraction of sp³-hybridized carbons (Fsp3) is 0.345. The van der Waals surface area contributed by atoms with Crippen molar-refractivity contribution in [1.82, 2.24) is 25.0 Å². The van der Waals surface area contributed by atoms with Crippen molar-refractivity contribution in [2.75, 3.05) is 20.2 Å². The molecule has 2 aromatic carbocycles. The van der Waals surface area contributed by atoms with Crippen molar-refractivity contribution in [3.8, 4) is 17.0 Å². The molecule has 1 atom stereocenters. The van der Waals surface area contributed by atoms with Crippen LogP contribution in [-0.2, 0) is 12.6 Å². The molecule has 3 heterocycles.